The third-order valence-corrected chi connectivity index (χ3v) is 3.96. The topological polar surface area (TPSA) is 55.1 Å². The fourth-order valence-corrected chi connectivity index (χ4v) is 2.69. The molecule has 0 aromatic heterocycles. The molecule has 3 N–H and O–H groups in total. The minimum atomic E-state index is -0.485. The first kappa shape index (κ1) is 16.6. The summed E-state index contributed by atoms with van der Waals surface area (Å²) in [6.07, 6.45) is 2.65. The maximum Gasteiger partial charge on any atom is 0.237 e. The number of benzene rings is 1. The first-order valence-electron chi connectivity index (χ1n) is 5.95. The van der Waals surface area contributed by atoms with Crippen LogP contribution in [0.1, 0.15) is 24.9 Å². The van der Waals surface area contributed by atoms with E-state index < -0.39 is 6.04 Å². The molecule has 0 aliphatic rings. The number of hydrogen-bond acceptors (Lipinski definition) is 3. The predicted molar refractivity (Wildman–Crippen MR) is 84.0 cm³/mol. The van der Waals surface area contributed by atoms with Crippen LogP contribution in [-0.4, -0.2) is 24.0 Å². The quantitative estimate of drug-likeness (QED) is 0.846. The summed E-state index contributed by atoms with van der Waals surface area (Å²) in [5.74, 6) is 0.706. The van der Waals surface area contributed by atoms with Crippen LogP contribution >= 0.6 is 35.0 Å². The van der Waals surface area contributed by atoms with Crippen molar-refractivity contribution < 1.29 is 4.79 Å². The third-order valence-electron chi connectivity index (χ3n) is 2.76. The van der Waals surface area contributed by atoms with Crippen LogP contribution in [0.15, 0.2) is 18.2 Å². The molecule has 0 heterocycles. The number of carbonyl (C=O) groups excluding carboxylic acids is 1. The van der Waals surface area contributed by atoms with Crippen molar-refractivity contribution in [1.82, 2.24) is 5.32 Å². The summed E-state index contributed by atoms with van der Waals surface area (Å²) in [7, 11) is 0. The van der Waals surface area contributed by atoms with E-state index in [1.54, 1.807) is 23.9 Å². The number of thioether (sulfide) groups is 1. The van der Waals surface area contributed by atoms with Gasteiger partial charge in [-0.05, 0) is 43.0 Å². The molecule has 106 valence electrons. The smallest absolute Gasteiger partial charge is 0.237 e. The van der Waals surface area contributed by atoms with Crippen LogP contribution in [-0.2, 0) is 4.79 Å². The van der Waals surface area contributed by atoms with Gasteiger partial charge in [0.2, 0.25) is 5.91 Å². The molecule has 19 heavy (non-hydrogen) atoms. The van der Waals surface area contributed by atoms with Crippen LogP contribution in [0.2, 0.25) is 10.0 Å². The molecular formula is C13H18Cl2N2OS. The molecule has 0 aliphatic heterocycles. The molecule has 1 rings (SSSR count). The van der Waals surface area contributed by atoms with E-state index in [1.165, 1.54) is 0 Å². The van der Waals surface area contributed by atoms with Gasteiger partial charge in [-0.1, -0.05) is 29.3 Å². The number of nitrogens with one attached hydrogen (secondary N) is 1. The maximum atomic E-state index is 11.9. The summed E-state index contributed by atoms with van der Waals surface area (Å²) in [6.45, 7) is 1.87. The largest absolute Gasteiger partial charge is 0.348 e. The lowest BCUT2D eigenvalue weighted by atomic mass is 10.1. The molecule has 0 spiro atoms. The van der Waals surface area contributed by atoms with Gasteiger partial charge in [-0.15, -0.1) is 0 Å². The Kier molecular flexibility index (Phi) is 7.00. The fourth-order valence-electron chi connectivity index (χ4n) is 1.63. The van der Waals surface area contributed by atoms with Gasteiger partial charge in [-0.3, -0.25) is 4.79 Å². The molecule has 1 unspecified atom stereocenters. The minimum Gasteiger partial charge on any atom is -0.348 e. The van der Waals surface area contributed by atoms with Crippen LogP contribution in [0.25, 0.3) is 0 Å². The van der Waals surface area contributed by atoms with E-state index in [9.17, 15) is 4.79 Å². The molecule has 0 fully saturated rings. The number of amides is 1. The molecular weight excluding hydrogens is 303 g/mol. The second-order valence-corrected chi connectivity index (χ2v) is 6.11. The normalized spacial score (nSPS) is 13.9. The van der Waals surface area contributed by atoms with Gasteiger partial charge < -0.3 is 11.1 Å². The van der Waals surface area contributed by atoms with E-state index in [0.717, 1.165) is 11.3 Å². The highest BCUT2D eigenvalue weighted by molar-refractivity contribution is 7.98. The molecule has 1 amide bonds. The third kappa shape index (κ3) is 5.22. The summed E-state index contributed by atoms with van der Waals surface area (Å²) in [6, 6.07) is 4.54. The Balaban J connectivity index is 2.63. The Morgan fingerprint density at radius 2 is 2.16 bits per heavy atom. The van der Waals surface area contributed by atoms with E-state index in [0.29, 0.717) is 16.5 Å². The molecule has 0 bridgehead atoms. The molecule has 0 aliphatic carbocycles. The second-order valence-electron chi connectivity index (χ2n) is 4.28. The Morgan fingerprint density at radius 1 is 1.47 bits per heavy atom. The van der Waals surface area contributed by atoms with E-state index in [4.69, 9.17) is 28.9 Å². The Hall–Kier alpha value is -0.420. The van der Waals surface area contributed by atoms with Crippen LogP contribution in [0.4, 0.5) is 0 Å². The zero-order valence-electron chi connectivity index (χ0n) is 11.0. The fraction of sp³-hybridized carbons (Fsp3) is 0.462. The van der Waals surface area contributed by atoms with Gasteiger partial charge in [-0.2, -0.15) is 11.8 Å². The molecule has 3 nitrogen and oxygen atoms in total. The van der Waals surface area contributed by atoms with Crippen LogP contribution < -0.4 is 11.1 Å². The summed E-state index contributed by atoms with van der Waals surface area (Å²) in [5, 5.41) is 3.98. The molecule has 1 aromatic rings. The summed E-state index contributed by atoms with van der Waals surface area (Å²) < 4.78 is 0. The van der Waals surface area contributed by atoms with Crippen LogP contribution in [0.3, 0.4) is 0 Å². The van der Waals surface area contributed by atoms with E-state index in [1.807, 2.05) is 19.2 Å². The standard InChI is InChI=1S/C13H18Cl2N2OS/c1-8(10-4-3-9(14)7-11(10)15)17-13(18)12(16)5-6-19-2/h3-4,7-8,12H,5-6,16H2,1-2H3,(H,17,18)/t8?,12-/m0/s1. The van der Waals surface area contributed by atoms with Crippen molar-refractivity contribution >= 4 is 40.9 Å². The Bertz CT molecular complexity index is 443. The van der Waals surface area contributed by atoms with Gasteiger partial charge >= 0.3 is 0 Å². The van der Waals surface area contributed by atoms with Crippen LogP contribution in [0.5, 0.6) is 0 Å². The van der Waals surface area contributed by atoms with Crippen molar-refractivity contribution in [2.24, 2.45) is 5.73 Å². The number of hydrogen-bond donors (Lipinski definition) is 2. The monoisotopic (exact) mass is 320 g/mol. The first-order chi connectivity index (χ1) is 8.95. The number of halogens is 2. The van der Waals surface area contributed by atoms with Gasteiger partial charge in [0.25, 0.3) is 0 Å². The molecule has 0 radical (unpaired) electrons. The number of nitrogens with two attached hydrogens (primary N) is 1. The summed E-state index contributed by atoms with van der Waals surface area (Å²) >= 11 is 13.6. The Labute approximate surface area is 128 Å². The second kappa shape index (κ2) is 8.00. The van der Waals surface area contributed by atoms with Gasteiger partial charge in [0, 0.05) is 10.0 Å². The van der Waals surface area contributed by atoms with Crippen molar-refractivity contribution in [1.29, 1.82) is 0 Å². The lowest BCUT2D eigenvalue weighted by Crippen LogP contribution is -2.42. The maximum absolute atomic E-state index is 11.9. The van der Waals surface area contributed by atoms with Crippen molar-refractivity contribution in [3.63, 3.8) is 0 Å². The molecule has 1 aromatic carbocycles. The highest BCUT2D eigenvalue weighted by Crippen LogP contribution is 2.26. The lowest BCUT2D eigenvalue weighted by molar-refractivity contribution is -0.123. The number of rotatable bonds is 6. The predicted octanol–water partition coefficient (Wildman–Crippen LogP) is 3.25. The van der Waals surface area contributed by atoms with Crippen molar-refractivity contribution in [3.05, 3.63) is 33.8 Å². The summed E-state index contributed by atoms with van der Waals surface area (Å²) in [5.41, 5.74) is 6.64. The first-order valence-corrected chi connectivity index (χ1v) is 8.10. The van der Waals surface area contributed by atoms with Gasteiger partial charge in [0.15, 0.2) is 0 Å². The van der Waals surface area contributed by atoms with Gasteiger partial charge in [0.1, 0.15) is 0 Å². The van der Waals surface area contributed by atoms with E-state index in [-0.39, 0.29) is 11.9 Å². The average Bonchev–Trinajstić information content (AvgIpc) is 2.35. The van der Waals surface area contributed by atoms with Crippen molar-refractivity contribution in [2.75, 3.05) is 12.0 Å². The molecule has 6 heteroatoms. The van der Waals surface area contributed by atoms with Crippen molar-refractivity contribution in [2.45, 2.75) is 25.4 Å². The summed E-state index contributed by atoms with van der Waals surface area (Å²) in [4.78, 5) is 11.9. The average molecular weight is 321 g/mol. The van der Waals surface area contributed by atoms with Crippen LogP contribution in [0, 0.1) is 0 Å². The molecule has 2 atom stereocenters. The zero-order valence-corrected chi connectivity index (χ0v) is 13.3. The molecule has 0 saturated carbocycles. The van der Waals surface area contributed by atoms with E-state index in [2.05, 4.69) is 5.32 Å². The Morgan fingerprint density at radius 3 is 2.74 bits per heavy atom. The highest BCUT2D eigenvalue weighted by Gasteiger charge is 2.17. The van der Waals surface area contributed by atoms with Crippen molar-refractivity contribution in [3.8, 4) is 0 Å². The number of carbonyl (C=O) groups is 1. The van der Waals surface area contributed by atoms with Gasteiger partial charge in [0.05, 0.1) is 12.1 Å². The zero-order chi connectivity index (χ0) is 14.4. The van der Waals surface area contributed by atoms with Gasteiger partial charge in [-0.25, -0.2) is 0 Å². The molecule has 0 saturated heterocycles. The lowest BCUT2D eigenvalue weighted by Gasteiger charge is -2.18. The SMILES string of the molecule is CSCC[C@H](N)C(=O)NC(C)c1ccc(Cl)cc1Cl. The minimum absolute atomic E-state index is 0.160. The highest BCUT2D eigenvalue weighted by atomic mass is 35.5. The van der Waals surface area contributed by atoms with E-state index >= 15 is 0 Å².